The van der Waals surface area contributed by atoms with Crippen molar-refractivity contribution >= 4 is 33.4 Å². The Morgan fingerprint density at radius 3 is 2.94 bits per heavy atom. The van der Waals surface area contributed by atoms with E-state index in [2.05, 4.69) is 33.9 Å². The van der Waals surface area contributed by atoms with Gasteiger partial charge in [0.2, 0.25) is 0 Å². The molecular formula is C12H13BrN2S. The smallest absolute Gasteiger partial charge is 0.100 e. The fraction of sp³-hybridized carbons (Fsp3) is 0.417. The molecule has 1 unspecified atom stereocenters. The number of hydrogen-bond acceptors (Lipinski definition) is 3. The molecule has 1 saturated heterocycles. The van der Waals surface area contributed by atoms with Crippen molar-refractivity contribution in [2.75, 3.05) is 23.5 Å². The lowest BCUT2D eigenvalue weighted by atomic mass is 10.1. The maximum Gasteiger partial charge on any atom is 0.100 e. The van der Waals surface area contributed by atoms with Gasteiger partial charge in [0, 0.05) is 29.0 Å². The lowest BCUT2D eigenvalue weighted by Crippen LogP contribution is -2.31. The summed E-state index contributed by atoms with van der Waals surface area (Å²) in [6.07, 6.45) is 1.25. The number of nitrogens with zero attached hydrogens (tertiary/aromatic N) is 2. The topological polar surface area (TPSA) is 27.0 Å². The number of hydrogen-bond donors (Lipinski definition) is 0. The summed E-state index contributed by atoms with van der Waals surface area (Å²) in [6.45, 7) is 0. The second kappa shape index (κ2) is 5.11. The maximum absolute atomic E-state index is 8.86. The Labute approximate surface area is 109 Å². The molecule has 0 bridgehead atoms. The van der Waals surface area contributed by atoms with E-state index in [4.69, 9.17) is 5.26 Å². The van der Waals surface area contributed by atoms with Crippen LogP contribution < -0.4 is 4.90 Å². The van der Waals surface area contributed by atoms with Gasteiger partial charge in [-0.3, -0.25) is 0 Å². The minimum atomic E-state index is 0.629. The van der Waals surface area contributed by atoms with Crippen LogP contribution >= 0.6 is 27.7 Å². The molecule has 0 saturated carbocycles. The molecule has 0 N–H and O–H groups in total. The molecule has 1 heterocycles. The number of halogens is 1. The Balaban J connectivity index is 2.20. The molecule has 4 heteroatoms. The van der Waals surface area contributed by atoms with Crippen molar-refractivity contribution in [1.82, 2.24) is 0 Å². The monoisotopic (exact) mass is 296 g/mol. The minimum absolute atomic E-state index is 0.629. The highest BCUT2D eigenvalue weighted by atomic mass is 79.9. The first-order valence-corrected chi connectivity index (χ1v) is 7.17. The summed E-state index contributed by atoms with van der Waals surface area (Å²) in [4.78, 5) is 2.31. The van der Waals surface area contributed by atoms with Gasteiger partial charge in [-0.25, -0.2) is 0 Å². The van der Waals surface area contributed by atoms with E-state index in [1.54, 1.807) is 0 Å². The van der Waals surface area contributed by atoms with Gasteiger partial charge in [0.25, 0.3) is 0 Å². The van der Waals surface area contributed by atoms with Gasteiger partial charge in [-0.15, -0.1) is 0 Å². The van der Waals surface area contributed by atoms with Crippen molar-refractivity contribution < 1.29 is 0 Å². The number of rotatable bonds is 2. The van der Waals surface area contributed by atoms with Crippen LogP contribution in [0.4, 0.5) is 5.69 Å². The summed E-state index contributed by atoms with van der Waals surface area (Å²) >= 11 is 5.44. The summed E-state index contributed by atoms with van der Waals surface area (Å²) < 4.78 is 0.880. The molecule has 84 valence electrons. The molecule has 1 aromatic rings. The first-order valence-electron chi connectivity index (χ1n) is 5.22. The van der Waals surface area contributed by atoms with Crippen LogP contribution in [0.2, 0.25) is 0 Å². The first-order chi connectivity index (χ1) is 7.72. The van der Waals surface area contributed by atoms with Gasteiger partial charge in [-0.05, 0) is 46.3 Å². The molecule has 0 aromatic heterocycles. The lowest BCUT2D eigenvalue weighted by Gasteiger charge is -2.26. The maximum atomic E-state index is 8.86. The van der Waals surface area contributed by atoms with E-state index in [9.17, 15) is 0 Å². The molecule has 2 nitrogen and oxygen atoms in total. The van der Waals surface area contributed by atoms with Crippen molar-refractivity contribution in [2.45, 2.75) is 12.5 Å². The van der Waals surface area contributed by atoms with E-state index < -0.39 is 0 Å². The zero-order valence-corrected chi connectivity index (χ0v) is 11.5. The van der Waals surface area contributed by atoms with Crippen LogP contribution in [0.25, 0.3) is 0 Å². The fourth-order valence-electron chi connectivity index (χ4n) is 1.85. The molecule has 1 atom stereocenters. The van der Waals surface area contributed by atoms with E-state index in [1.165, 1.54) is 23.6 Å². The Kier molecular flexibility index (Phi) is 3.78. The third-order valence-corrected chi connectivity index (χ3v) is 4.73. The van der Waals surface area contributed by atoms with Gasteiger partial charge in [-0.1, -0.05) is 0 Å². The Hall–Kier alpha value is -0.660. The van der Waals surface area contributed by atoms with Crippen LogP contribution in [0.1, 0.15) is 12.0 Å². The van der Waals surface area contributed by atoms with Crippen molar-refractivity contribution in [3.63, 3.8) is 0 Å². The largest absolute Gasteiger partial charge is 0.371 e. The van der Waals surface area contributed by atoms with Crippen LogP contribution in [0.3, 0.4) is 0 Å². The third kappa shape index (κ3) is 2.36. The quantitative estimate of drug-likeness (QED) is 0.838. The van der Waals surface area contributed by atoms with Gasteiger partial charge in [0.05, 0.1) is 5.56 Å². The zero-order valence-electron chi connectivity index (χ0n) is 9.11. The number of thioether (sulfide) groups is 1. The van der Waals surface area contributed by atoms with E-state index in [0.29, 0.717) is 11.6 Å². The van der Waals surface area contributed by atoms with Crippen molar-refractivity contribution in [2.24, 2.45) is 0 Å². The van der Waals surface area contributed by atoms with Crippen LogP contribution in [-0.4, -0.2) is 24.6 Å². The van der Waals surface area contributed by atoms with E-state index in [0.717, 1.165) is 4.47 Å². The van der Waals surface area contributed by atoms with Crippen LogP contribution in [0.15, 0.2) is 22.7 Å². The molecule has 2 rings (SSSR count). The Morgan fingerprint density at radius 2 is 2.38 bits per heavy atom. The van der Waals surface area contributed by atoms with Gasteiger partial charge in [0.1, 0.15) is 6.07 Å². The predicted octanol–water partition coefficient (Wildman–Crippen LogP) is 3.26. The highest BCUT2D eigenvalue weighted by Crippen LogP contribution is 2.28. The second-order valence-electron chi connectivity index (χ2n) is 3.90. The Morgan fingerprint density at radius 1 is 1.56 bits per heavy atom. The van der Waals surface area contributed by atoms with E-state index in [1.807, 2.05) is 30.0 Å². The van der Waals surface area contributed by atoms with Gasteiger partial charge in [0.15, 0.2) is 0 Å². The SMILES string of the molecule is CN(c1ccc(C#N)c(Br)c1)C1CCSC1. The van der Waals surface area contributed by atoms with Crippen LogP contribution in [0.5, 0.6) is 0 Å². The minimum Gasteiger partial charge on any atom is -0.371 e. The first kappa shape index (κ1) is 11.8. The van der Waals surface area contributed by atoms with Gasteiger partial charge < -0.3 is 4.90 Å². The summed E-state index contributed by atoms with van der Waals surface area (Å²) in [7, 11) is 2.13. The molecule has 0 aliphatic carbocycles. The van der Waals surface area contributed by atoms with Crippen molar-refractivity contribution in [3.8, 4) is 6.07 Å². The molecule has 0 spiro atoms. The molecule has 1 aliphatic heterocycles. The molecule has 1 aliphatic rings. The lowest BCUT2D eigenvalue weighted by molar-refractivity contribution is 0.700. The van der Waals surface area contributed by atoms with E-state index >= 15 is 0 Å². The standard InChI is InChI=1S/C12H13BrN2S/c1-15(11-4-5-16-8-11)10-3-2-9(7-14)12(13)6-10/h2-3,6,11H,4-5,8H2,1H3. The van der Waals surface area contributed by atoms with Gasteiger partial charge in [-0.2, -0.15) is 17.0 Å². The third-order valence-electron chi connectivity index (χ3n) is 2.93. The second-order valence-corrected chi connectivity index (χ2v) is 5.91. The van der Waals surface area contributed by atoms with Crippen molar-refractivity contribution in [1.29, 1.82) is 5.26 Å². The molecule has 16 heavy (non-hydrogen) atoms. The van der Waals surface area contributed by atoms with Crippen molar-refractivity contribution in [3.05, 3.63) is 28.2 Å². The molecule has 0 radical (unpaired) electrons. The van der Waals surface area contributed by atoms with Gasteiger partial charge >= 0.3 is 0 Å². The van der Waals surface area contributed by atoms with Crippen LogP contribution in [-0.2, 0) is 0 Å². The number of nitriles is 1. The normalized spacial score (nSPS) is 19.4. The fourth-order valence-corrected chi connectivity index (χ4v) is 3.58. The number of anilines is 1. The summed E-state index contributed by atoms with van der Waals surface area (Å²) in [6, 6.07) is 8.71. The van der Waals surface area contributed by atoms with E-state index in [-0.39, 0.29) is 0 Å². The Bertz CT molecular complexity index is 422. The molecule has 0 amide bonds. The summed E-state index contributed by atoms with van der Waals surface area (Å²) in [5.74, 6) is 2.46. The highest BCUT2D eigenvalue weighted by Gasteiger charge is 2.20. The summed E-state index contributed by atoms with van der Waals surface area (Å²) in [5, 5.41) is 8.86. The highest BCUT2D eigenvalue weighted by molar-refractivity contribution is 9.10. The average molecular weight is 297 g/mol. The molecule has 1 fully saturated rings. The molecule has 1 aromatic carbocycles. The molecular weight excluding hydrogens is 284 g/mol. The average Bonchev–Trinajstić information content (AvgIpc) is 2.81. The zero-order chi connectivity index (χ0) is 11.5. The van der Waals surface area contributed by atoms with Crippen LogP contribution in [0, 0.1) is 11.3 Å². The summed E-state index contributed by atoms with van der Waals surface area (Å²) in [5.41, 5.74) is 1.87. The predicted molar refractivity (Wildman–Crippen MR) is 73.0 cm³/mol. The number of benzene rings is 1.